The molecule has 0 atom stereocenters. The molecule has 0 spiro atoms. The fourth-order valence-corrected chi connectivity index (χ4v) is 2.17. The smallest absolute Gasteiger partial charge is 0.115 e. The van der Waals surface area contributed by atoms with Gasteiger partial charge in [-0.3, -0.25) is 0 Å². The maximum Gasteiger partial charge on any atom is 0.115 e. The summed E-state index contributed by atoms with van der Waals surface area (Å²) in [6.07, 6.45) is 3.45. The van der Waals surface area contributed by atoms with Crippen molar-refractivity contribution in [2.45, 2.75) is 19.3 Å². The van der Waals surface area contributed by atoms with Crippen LogP contribution in [0.2, 0.25) is 0 Å². The molecule has 0 aliphatic rings. The van der Waals surface area contributed by atoms with Gasteiger partial charge in [0.2, 0.25) is 0 Å². The highest BCUT2D eigenvalue weighted by Gasteiger charge is 1.97. The van der Waals surface area contributed by atoms with Crippen molar-refractivity contribution in [1.29, 1.82) is 0 Å². The number of quaternary nitrogens is 1. The van der Waals surface area contributed by atoms with E-state index in [9.17, 15) is 5.11 Å². The van der Waals surface area contributed by atoms with Gasteiger partial charge in [-0.2, -0.15) is 0 Å². The van der Waals surface area contributed by atoms with Gasteiger partial charge in [0, 0.05) is 12.8 Å². The molecule has 20 heavy (non-hydrogen) atoms. The summed E-state index contributed by atoms with van der Waals surface area (Å²) in [4.78, 5) is 0. The Morgan fingerprint density at radius 2 is 1.40 bits per heavy atom. The molecule has 0 amide bonds. The number of halogens is 1. The van der Waals surface area contributed by atoms with Gasteiger partial charge in [-0.25, -0.2) is 0 Å². The van der Waals surface area contributed by atoms with Gasteiger partial charge in [0.15, 0.2) is 0 Å². The van der Waals surface area contributed by atoms with Crippen LogP contribution in [-0.4, -0.2) is 18.2 Å². The average Bonchev–Trinajstić information content (AvgIpc) is 2.46. The summed E-state index contributed by atoms with van der Waals surface area (Å²) in [6.45, 7) is 2.28. The van der Waals surface area contributed by atoms with Crippen LogP contribution in [0.4, 0.5) is 0 Å². The molecule has 2 nitrogen and oxygen atoms in total. The largest absolute Gasteiger partial charge is 1.00 e. The van der Waals surface area contributed by atoms with Crippen molar-refractivity contribution in [3.63, 3.8) is 0 Å². The number of aryl methyl sites for hydroxylation is 1. The Morgan fingerprint density at radius 3 is 2.10 bits per heavy atom. The lowest BCUT2D eigenvalue weighted by molar-refractivity contribution is -0.654. The zero-order valence-corrected chi connectivity index (χ0v) is 12.4. The van der Waals surface area contributed by atoms with Crippen LogP contribution in [0.25, 0.3) is 0 Å². The zero-order valence-electron chi connectivity index (χ0n) is 11.6. The minimum Gasteiger partial charge on any atom is -1.00 e. The van der Waals surface area contributed by atoms with E-state index in [1.807, 2.05) is 12.1 Å². The molecule has 2 aromatic rings. The van der Waals surface area contributed by atoms with Crippen LogP contribution in [0.15, 0.2) is 54.6 Å². The van der Waals surface area contributed by atoms with Gasteiger partial charge >= 0.3 is 0 Å². The third kappa shape index (κ3) is 6.09. The van der Waals surface area contributed by atoms with E-state index in [2.05, 4.69) is 35.6 Å². The molecule has 0 radical (unpaired) electrons. The number of phenolic OH excluding ortho intramolecular Hbond substituents is 1. The van der Waals surface area contributed by atoms with Crippen LogP contribution in [0, 0.1) is 0 Å². The molecule has 2 aromatic carbocycles. The molecule has 3 N–H and O–H groups in total. The van der Waals surface area contributed by atoms with Gasteiger partial charge in [0.25, 0.3) is 0 Å². The second-order valence-electron chi connectivity index (χ2n) is 4.87. The van der Waals surface area contributed by atoms with E-state index in [-0.39, 0.29) is 12.4 Å². The Hall–Kier alpha value is -1.51. The molecular formula is C17H22ClNO. The van der Waals surface area contributed by atoms with Crippen molar-refractivity contribution in [3.05, 3.63) is 65.7 Å². The molecule has 0 saturated carbocycles. The fraction of sp³-hybridized carbons (Fsp3) is 0.294. The molecule has 0 aliphatic carbocycles. The molecule has 0 aliphatic heterocycles. The molecule has 0 bridgehead atoms. The fourth-order valence-electron chi connectivity index (χ4n) is 2.17. The third-order valence-corrected chi connectivity index (χ3v) is 3.29. The summed E-state index contributed by atoms with van der Waals surface area (Å²) in [5, 5.41) is 11.6. The molecule has 2 rings (SSSR count). The van der Waals surface area contributed by atoms with Crippen LogP contribution in [0.5, 0.6) is 5.75 Å². The highest BCUT2D eigenvalue weighted by atomic mass is 35.5. The first kappa shape index (κ1) is 16.5. The molecule has 0 aromatic heterocycles. The van der Waals surface area contributed by atoms with E-state index in [0.717, 1.165) is 19.4 Å². The Balaban J connectivity index is 0.00000200. The Bertz CT molecular complexity index is 470. The predicted molar refractivity (Wildman–Crippen MR) is 78.2 cm³/mol. The zero-order chi connectivity index (χ0) is 13.3. The predicted octanol–water partition coefficient (Wildman–Crippen LogP) is -0.865. The normalized spacial score (nSPS) is 10.0. The Kier molecular flexibility index (Phi) is 7.78. The molecule has 0 unspecified atom stereocenters. The SMILES string of the molecule is Oc1ccc(CC[NH2+]CCCc2ccccc2)cc1.[Cl-]. The number of hydrogen-bond donors (Lipinski definition) is 2. The molecule has 0 heterocycles. The first-order valence-electron chi connectivity index (χ1n) is 6.98. The van der Waals surface area contributed by atoms with Gasteiger partial charge in [-0.15, -0.1) is 0 Å². The standard InChI is InChI=1S/C17H21NO.ClH/c19-17-10-8-16(9-11-17)12-14-18-13-4-7-15-5-2-1-3-6-15;/h1-3,5-6,8-11,18-19H,4,7,12-14H2;1H. The number of nitrogens with two attached hydrogens (primary N) is 1. The van der Waals surface area contributed by atoms with Crippen LogP contribution in [0.1, 0.15) is 17.5 Å². The number of benzene rings is 2. The molecule has 0 fully saturated rings. The number of aromatic hydroxyl groups is 1. The summed E-state index contributed by atoms with van der Waals surface area (Å²) in [5.41, 5.74) is 2.71. The topological polar surface area (TPSA) is 36.8 Å². The summed E-state index contributed by atoms with van der Waals surface area (Å²) in [7, 11) is 0. The van der Waals surface area contributed by atoms with Crippen LogP contribution in [0.3, 0.4) is 0 Å². The molecule has 0 saturated heterocycles. The highest BCUT2D eigenvalue weighted by molar-refractivity contribution is 5.25. The lowest BCUT2D eigenvalue weighted by atomic mass is 10.1. The van der Waals surface area contributed by atoms with E-state index in [4.69, 9.17) is 0 Å². The number of rotatable bonds is 7. The van der Waals surface area contributed by atoms with Gasteiger partial charge in [0.1, 0.15) is 5.75 Å². The van der Waals surface area contributed by atoms with E-state index in [1.165, 1.54) is 24.1 Å². The van der Waals surface area contributed by atoms with Crippen LogP contribution >= 0.6 is 0 Å². The maximum atomic E-state index is 9.20. The third-order valence-electron chi connectivity index (χ3n) is 3.29. The summed E-state index contributed by atoms with van der Waals surface area (Å²) < 4.78 is 0. The van der Waals surface area contributed by atoms with Crippen molar-refractivity contribution < 1.29 is 22.8 Å². The summed E-state index contributed by atoms with van der Waals surface area (Å²) in [6, 6.07) is 18.1. The lowest BCUT2D eigenvalue weighted by Crippen LogP contribution is -3.00. The molecule has 3 heteroatoms. The van der Waals surface area contributed by atoms with Crippen molar-refractivity contribution in [1.82, 2.24) is 0 Å². The molecule has 108 valence electrons. The number of phenols is 1. The van der Waals surface area contributed by atoms with E-state index in [1.54, 1.807) is 12.1 Å². The van der Waals surface area contributed by atoms with E-state index < -0.39 is 0 Å². The minimum atomic E-state index is 0. The van der Waals surface area contributed by atoms with Crippen molar-refractivity contribution in [2.24, 2.45) is 0 Å². The first-order chi connectivity index (χ1) is 9.34. The monoisotopic (exact) mass is 291 g/mol. The summed E-state index contributed by atoms with van der Waals surface area (Å²) in [5.74, 6) is 0.343. The van der Waals surface area contributed by atoms with Gasteiger partial charge in [-0.1, -0.05) is 42.5 Å². The number of hydrogen-bond acceptors (Lipinski definition) is 1. The Labute approximate surface area is 127 Å². The van der Waals surface area contributed by atoms with Gasteiger partial charge in [-0.05, 0) is 29.7 Å². The molecular weight excluding hydrogens is 270 g/mol. The van der Waals surface area contributed by atoms with Crippen molar-refractivity contribution in [3.8, 4) is 5.75 Å². The van der Waals surface area contributed by atoms with E-state index in [0.29, 0.717) is 5.75 Å². The first-order valence-corrected chi connectivity index (χ1v) is 6.98. The van der Waals surface area contributed by atoms with Gasteiger partial charge in [0.05, 0.1) is 13.1 Å². The maximum absolute atomic E-state index is 9.20. The van der Waals surface area contributed by atoms with Gasteiger partial charge < -0.3 is 22.8 Å². The second kappa shape index (κ2) is 9.40. The van der Waals surface area contributed by atoms with E-state index >= 15 is 0 Å². The second-order valence-corrected chi connectivity index (χ2v) is 4.87. The summed E-state index contributed by atoms with van der Waals surface area (Å²) >= 11 is 0. The Morgan fingerprint density at radius 1 is 0.750 bits per heavy atom. The van der Waals surface area contributed by atoms with Crippen LogP contribution < -0.4 is 17.7 Å². The van der Waals surface area contributed by atoms with Crippen molar-refractivity contribution in [2.75, 3.05) is 13.1 Å². The highest BCUT2D eigenvalue weighted by Crippen LogP contribution is 2.09. The average molecular weight is 292 g/mol. The quantitative estimate of drug-likeness (QED) is 0.640. The lowest BCUT2D eigenvalue weighted by Gasteiger charge is -2.03. The minimum absolute atomic E-state index is 0. The van der Waals surface area contributed by atoms with Crippen molar-refractivity contribution >= 4 is 0 Å². The van der Waals surface area contributed by atoms with Crippen LogP contribution in [-0.2, 0) is 12.8 Å².